The Morgan fingerprint density at radius 3 is 2.36 bits per heavy atom. The first kappa shape index (κ1) is 14.4. The number of H-pyrrole nitrogens is 1. The minimum Gasteiger partial charge on any atom is -0.355 e. The van der Waals surface area contributed by atoms with Gasteiger partial charge in [-0.25, -0.2) is 9.97 Å². The predicted molar refractivity (Wildman–Crippen MR) is 99.8 cm³/mol. The van der Waals surface area contributed by atoms with E-state index in [2.05, 4.69) is 27.0 Å². The third kappa shape index (κ3) is 2.61. The van der Waals surface area contributed by atoms with Crippen LogP contribution in [0.1, 0.15) is 24.6 Å². The number of para-hydroxylation sites is 4. The molecule has 1 aliphatic rings. The molecule has 5 heteroatoms. The summed E-state index contributed by atoms with van der Waals surface area (Å²) in [6, 6.07) is 16.3. The van der Waals surface area contributed by atoms with Crippen molar-refractivity contribution in [2.24, 2.45) is 0 Å². The lowest BCUT2D eigenvalue weighted by Crippen LogP contribution is -2.33. The first-order valence-corrected chi connectivity index (χ1v) is 8.78. The van der Waals surface area contributed by atoms with Gasteiger partial charge in [0, 0.05) is 19.0 Å². The Morgan fingerprint density at radius 2 is 1.56 bits per heavy atom. The van der Waals surface area contributed by atoms with Crippen LogP contribution in [0.5, 0.6) is 0 Å². The molecule has 5 nitrogen and oxygen atoms in total. The molecule has 0 amide bonds. The molecule has 0 radical (unpaired) electrons. The Balaban J connectivity index is 1.34. The molecule has 2 aromatic carbocycles. The first-order valence-electron chi connectivity index (χ1n) is 8.78. The van der Waals surface area contributed by atoms with Gasteiger partial charge in [0.1, 0.15) is 11.6 Å². The summed E-state index contributed by atoms with van der Waals surface area (Å²) in [6.45, 7) is 1.96. The summed E-state index contributed by atoms with van der Waals surface area (Å²) in [5.74, 6) is 2.57. The van der Waals surface area contributed by atoms with E-state index < -0.39 is 0 Å². The SMILES string of the molecule is c1ccc2nc(N3CCC(c4nc5ccccc5[nH]4)CC3)cnc2c1. The van der Waals surface area contributed by atoms with E-state index in [1.54, 1.807) is 0 Å². The van der Waals surface area contributed by atoms with E-state index in [0.717, 1.165) is 59.6 Å². The van der Waals surface area contributed by atoms with Crippen LogP contribution in [0.25, 0.3) is 22.1 Å². The van der Waals surface area contributed by atoms with Crippen LogP contribution in [-0.4, -0.2) is 33.0 Å². The van der Waals surface area contributed by atoms with Crippen LogP contribution in [0.2, 0.25) is 0 Å². The molecule has 1 saturated heterocycles. The Kier molecular flexibility index (Phi) is 3.37. The number of fused-ring (bicyclic) bond motifs is 2. The maximum absolute atomic E-state index is 4.77. The van der Waals surface area contributed by atoms with Crippen LogP contribution >= 0.6 is 0 Å². The summed E-state index contributed by atoms with van der Waals surface area (Å²) in [4.78, 5) is 19.9. The second-order valence-electron chi connectivity index (χ2n) is 6.62. The monoisotopic (exact) mass is 329 g/mol. The van der Waals surface area contributed by atoms with Crippen LogP contribution in [0.4, 0.5) is 5.82 Å². The second-order valence-corrected chi connectivity index (χ2v) is 6.62. The number of hydrogen-bond acceptors (Lipinski definition) is 4. The zero-order valence-electron chi connectivity index (χ0n) is 13.9. The predicted octanol–water partition coefficient (Wildman–Crippen LogP) is 3.89. The molecule has 0 atom stereocenters. The Hall–Kier alpha value is -2.95. The molecule has 124 valence electrons. The highest BCUT2D eigenvalue weighted by Crippen LogP contribution is 2.29. The number of benzene rings is 2. The van der Waals surface area contributed by atoms with Crippen LogP contribution in [0.15, 0.2) is 54.7 Å². The van der Waals surface area contributed by atoms with Crippen LogP contribution in [0, 0.1) is 0 Å². The Bertz CT molecular complexity index is 997. The van der Waals surface area contributed by atoms with E-state index in [9.17, 15) is 0 Å². The molecule has 1 fully saturated rings. The van der Waals surface area contributed by atoms with E-state index in [4.69, 9.17) is 9.97 Å². The number of aromatic amines is 1. The number of piperidine rings is 1. The zero-order chi connectivity index (χ0) is 16.6. The Labute approximate surface area is 145 Å². The smallest absolute Gasteiger partial charge is 0.147 e. The van der Waals surface area contributed by atoms with Crippen molar-refractivity contribution in [3.8, 4) is 0 Å². The van der Waals surface area contributed by atoms with Gasteiger partial charge >= 0.3 is 0 Å². The van der Waals surface area contributed by atoms with Crippen molar-refractivity contribution in [2.45, 2.75) is 18.8 Å². The quantitative estimate of drug-likeness (QED) is 0.606. The highest BCUT2D eigenvalue weighted by atomic mass is 15.2. The Morgan fingerprint density at radius 1 is 0.840 bits per heavy atom. The molecule has 0 aliphatic carbocycles. The van der Waals surface area contributed by atoms with E-state index in [1.807, 2.05) is 42.6 Å². The highest BCUT2D eigenvalue weighted by Gasteiger charge is 2.24. The largest absolute Gasteiger partial charge is 0.355 e. The average Bonchev–Trinajstić information content (AvgIpc) is 3.12. The summed E-state index contributed by atoms with van der Waals surface area (Å²) in [5.41, 5.74) is 4.09. The van der Waals surface area contributed by atoms with Crippen molar-refractivity contribution in [1.29, 1.82) is 0 Å². The van der Waals surface area contributed by atoms with Gasteiger partial charge in [-0.2, -0.15) is 0 Å². The van der Waals surface area contributed by atoms with Crippen molar-refractivity contribution in [2.75, 3.05) is 18.0 Å². The fourth-order valence-corrected chi connectivity index (χ4v) is 3.65. The molecule has 25 heavy (non-hydrogen) atoms. The van der Waals surface area contributed by atoms with Gasteiger partial charge in [0.15, 0.2) is 0 Å². The summed E-state index contributed by atoms with van der Waals surface area (Å²) in [7, 11) is 0. The minimum absolute atomic E-state index is 0.483. The maximum atomic E-state index is 4.77. The third-order valence-corrected chi connectivity index (χ3v) is 5.05. The van der Waals surface area contributed by atoms with E-state index in [-0.39, 0.29) is 0 Å². The molecular formula is C20H19N5. The van der Waals surface area contributed by atoms with Crippen LogP contribution < -0.4 is 4.90 Å². The number of imidazole rings is 1. The zero-order valence-corrected chi connectivity index (χ0v) is 13.9. The van der Waals surface area contributed by atoms with Gasteiger partial charge in [0.2, 0.25) is 0 Å². The number of rotatable bonds is 2. The molecule has 0 saturated carbocycles. The topological polar surface area (TPSA) is 57.7 Å². The summed E-state index contributed by atoms with van der Waals surface area (Å²) in [6.07, 6.45) is 4.05. The number of anilines is 1. The number of nitrogens with one attached hydrogen (secondary N) is 1. The van der Waals surface area contributed by atoms with E-state index in [1.165, 1.54) is 0 Å². The maximum Gasteiger partial charge on any atom is 0.147 e. The normalized spacial score (nSPS) is 15.9. The molecular weight excluding hydrogens is 310 g/mol. The van der Waals surface area contributed by atoms with Crippen molar-refractivity contribution < 1.29 is 0 Å². The van der Waals surface area contributed by atoms with Crippen molar-refractivity contribution in [1.82, 2.24) is 19.9 Å². The summed E-state index contributed by atoms with van der Waals surface area (Å²) < 4.78 is 0. The van der Waals surface area contributed by atoms with Crippen LogP contribution in [-0.2, 0) is 0 Å². The fourth-order valence-electron chi connectivity index (χ4n) is 3.65. The van der Waals surface area contributed by atoms with Gasteiger partial charge in [-0.15, -0.1) is 0 Å². The van der Waals surface area contributed by atoms with Gasteiger partial charge < -0.3 is 9.88 Å². The van der Waals surface area contributed by atoms with Gasteiger partial charge in [0.25, 0.3) is 0 Å². The lowest BCUT2D eigenvalue weighted by atomic mass is 9.96. The molecule has 0 bridgehead atoms. The molecule has 0 unspecified atom stereocenters. The molecule has 3 heterocycles. The lowest BCUT2D eigenvalue weighted by molar-refractivity contribution is 0.487. The highest BCUT2D eigenvalue weighted by molar-refractivity contribution is 5.76. The lowest BCUT2D eigenvalue weighted by Gasteiger charge is -2.31. The number of aromatic nitrogens is 4. The summed E-state index contributed by atoms with van der Waals surface area (Å²) >= 11 is 0. The second kappa shape index (κ2) is 5.84. The first-order chi connectivity index (χ1) is 12.4. The van der Waals surface area contributed by atoms with E-state index >= 15 is 0 Å². The average molecular weight is 329 g/mol. The molecule has 0 spiro atoms. The van der Waals surface area contributed by atoms with Crippen molar-refractivity contribution in [3.05, 3.63) is 60.6 Å². The minimum atomic E-state index is 0.483. The van der Waals surface area contributed by atoms with Gasteiger partial charge in [0.05, 0.1) is 28.3 Å². The number of nitrogens with zero attached hydrogens (tertiary/aromatic N) is 4. The van der Waals surface area contributed by atoms with Crippen molar-refractivity contribution >= 4 is 27.9 Å². The van der Waals surface area contributed by atoms with E-state index in [0.29, 0.717) is 5.92 Å². The molecule has 1 N–H and O–H groups in total. The van der Waals surface area contributed by atoms with Crippen molar-refractivity contribution in [3.63, 3.8) is 0 Å². The molecule has 2 aromatic heterocycles. The van der Waals surface area contributed by atoms with Crippen LogP contribution in [0.3, 0.4) is 0 Å². The molecule has 1 aliphatic heterocycles. The van der Waals surface area contributed by atoms with Gasteiger partial charge in [-0.1, -0.05) is 24.3 Å². The standard InChI is InChI=1S/C20H19N5/c1-2-6-16-15(5-1)21-13-19(22-16)25-11-9-14(10-12-25)20-23-17-7-3-4-8-18(17)24-20/h1-8,13-14H,9-12H2,(H,23,24). The molecule has 4 aromatic rings. The van der Waals surface area contributed by atoms with Gasteiger partial charge in [-0.3, -0.25) is 4.98 Å². The fraction of sp³-hybridized carbons (Fsp3) is 0.250. The number of hydrogen-bond donors (Lipinski definition) is 1. The summed E-state index contributed by atoms with van der Waals surface area (Å²) in [5, 5.41) is 0. The van der Waals surface area contributed by atoms with Gasteiger partial charge in [-0.05, 0) is 37.1 Å². The third-order valence-electron chi connectivity index (χ3n) is 5.05. The molecule has 5 rings (SSSR count).